The van der Waals surface area contributed by atoms with Crippen molar-refractivity contribution in [1.29, 1.82) is 0 Å². The van der Waals surface area contributed by atoms with Gasteiger partial charge in [0, 0.05) is 13.1 Å². The Morgan fingerprint density at radius 1 is 0.941 bits per heavy atom. The molecule has 0 fully saturated rings. The summed E-state index contributed by atoms with van der Waals surface area (Å²) in [4.78, 5) is 0. The van der Waals surface area contributed by atoms with E-state index in [9.17, 15) is 8.42 Å². The van der Waals surface area contributed by atoms with Crippen molar-refractivity contribution in [2.75, 3.05) is 18.8 Å². The first kappa shape index (κ1) is 16.9. The van der Waals surface area contributed by atoms with Crippen LogP contribution in [0.1, 0.15) is 53.9 Å². The third kappa shape index (κ3) is 7.77. The summed E-state index contributed by atoms with van der Waals surface area (Å²) in [6.45, 7) is 11.8. The predicted molar refractivity (Wildman–Crippen MR) is 74.6 cm³/mol. The van der Waals surface area contributed by atoms with Gasteiger partial charge in [-0.3, -0.25) is 0 Å². The second kappa shape index (κ2) is 8.09. The van der Waals surface area contributed by atoms with Gasteiger partial charge < -0.3 is 0 Å². The Morgan fingerprint density at radius 3 is 1.65 bits per heavy atom. The molecule has 0 aliphatic heterocycles. The summed E-state index contributed by atoms with van der Waals surface area (Å²) in [6.07, 6.45) is 2.59. The van der Waals surface area contributed by atoms with Crippen LogP contribution in [0.5, 0.6) is 0 Å². The van der Waals surface area contributed by atoms with E-state index >= 15 is 0 Å². The molecule has 104 valence electrons. The SMILES string of the molecule is CCCS(=O)(=O)N(CCC(C)C)CCC(C)C. The Hall–Kier alpha value is -0.0900. The van der Waals surface area contributed by atoms with E-state index in [1.165, 1.54) is 0 Å². The molecule has 0 saturated heterocycles. The predicted octanol–water partition coefficient (Wildman–Crippen LogP) is 3.12. The van der Waals surface area contributed by atoms with E-state index in [-0.39, 0.29) is 5.75 Å². The molecule has 0 atom stereocenters. The van der Waals surface area contributed by atoms with Crippen LogP contribution in [0.15, 0.2) is 0 Å². The fourth-order valence-corrected chi connectivity index (χ4v) is 3.12. The molecule has 0 aromatic rings. The van der Waals surface area contributed by atoms with Crippen molar-refractivity contribution in [3.8, 4) is 0 Å². The second-order valence-electron chi connectivity index (χ2n) is 5.58. The highest BCUT2D eigenvalue weighted by Crippen LogP contribution is 2.11. The first-order valence-corrected chi connectivity index (χ1v) is 8.38. The molecule has 0 heterocycles. The molecular weight excluding hydrogens is 234 g/mol. The van der Waals surface area contributed by atoms with Gasteiger partial charge in [0.05, 0.1) is 5.75 Å². The van der Waals surface area contributed by atoms with E-state index in [2.05, 4.69) is 27.7 Å². The smallest absolute Gasteiger partial charge is 0.212 e. The van der Waals surface area contributed by atoms with Gasteiger partial charge in [0.2, 0.25) is 10.0 Å². The summed E-state index contributed by atoms with van der Waals surface area (Å²) in [5.41, 5.74) is 0. The molecule has 0 rings (SSSR count). The number of nitrogens with zero attached hydrogens (tertiary/aromatic N) is 1. The summed E-state index contributed by atoms with van der Waals surface area (Å²) in [5.74, 6) is 1.38. The average molecular weight is 263 g/mol. The lowest BCUT2D eigenvalue weighted by Gasteiger charge is -2.23. The van der Waals surface area contributed by atoms with Gasteiger partial charge in [-0.2, -0.15) is 0 Å². The first-order chi connectivity index (χ1) is 7.79. The maximum absolute atomic E-state index is 12.1. The molecule has 4 heteroatoms. The summed E-state index contributed by atoms with van der Waals surface area (Å²) in [6, 6.07) is 0. The van der Waals surface area contributed by atoms with Gasteiger partial charge in [0.25, 0.3) is 0 Å². The molecular formula is C13H29NO2S. The monoisotopic (exact) mass is 263 g/mol. The highest BCUT2D eigenvalue weighted by molar-refractivity contribution is 7.89. The molecule has 3 nitrogen and oxygen atoms in total. The second-order valence-corrected chi connectivity index (χ2v) is 7.67. The number of sulfonamides is 1. The van der Waals surface area contributed by atoms with Gasteiger partial charge in [0.1, 0.15) is 0 Å². The van der Waals surface area contributed by atoms with Gasteiger partial charge >= 0.3 is 0 Å². The fourth-order valence-electron chi connectivity index (χ4n) is 1.58. The molecule has 0 radical (unpaired) electrons. The van der Waals surface area contributed by atoms with Crippen LogP contribution in [0, 0.1) is 11.8 Å². The largest absolute Gasteiger partial charge is 0.214 e. The quantitative estimate of drug-likeness (QED) is 0.641. The number of hydrogen-bond acceptors (Lipinski definition) is 2. The van der Waals surface area contributed by atoms with Crippen molar-refractivity contribution >= 4 is 10.0 Å². The van der Waals surface area contributed by atoms with Crippen LogP contribution in [0.4, 0.5) is 0 Å². The van der Waals surface area contributed by atoms with Crippen LogP contribution in [0.3, 0.4) is 0 Å². The van der Waals surface area contributed by atoms with Crippen LogP contribution < -0.4 is 0 Å². The third-order valence-electron chi connectivity index (χ3n) is 2.77. The van der Waals surface area contributed by atoms with Crippen LogP contribution in [-0.2, 0) is 10.0 Å². The minimum Gasteiger partial charge on any atom is -0.212 e. The molecule has 0 unspecified atom stereocenters. The summed E-state index contributed by atoms with van der Waals surface area (Å²) >= 11 is 0. The Kier molecular flexibility index (Phi) is 8.05. The average Bonchev–Trinajstić information content (AvgIpc) is 2.15. The molecule has 0 aromatic heterocycles. The maximum Gasteiger partial charge on any atom is 0.214 e. The molecule has 0 bridgehead atoms. The van der Waals surface area contributed by atoms with E-state index in [4.69, 9.17) is 0 Å². The van der Waals surface area contributed by atoms with E-state index in [1.54, 1.807) is 4.31 Å². The zero-order valence-electron chi connectivity index (χ0n) is 12.1. The fraction of sp³-hybridized carbons (Fsp3) is 1.00. The van der Waals surface area contributed by atoms with E-state index in [0.717, 1.165) is 12.8 Å². The number of hydrogen-bond donors (Lipinski definition) is 0. The molecule has 0 N–H and O–H groups in total. The Bertz CT molecular complexity index is 272. The van der Waals surface area contributed by atoms with Gasteiger partial charge in [0.15, 0.2) is 0 Å². The lowest BCUT2D eigenvalue weighted by atomic mass is 10.1. The Morgan fingerprint density at radius 2 is 1.35 bits per heavy atom. The molecule has 0 aliphatic rings. The number of rotatable bonds is 9. The zero-order valence-corrected chi connectivity index (χ0v) is 12.9. The lowest BCUT2D eigenvalue weighted by molar-refractivity contribution is 0.357. The van der Waals surface area contributed by atoms with Crippen LogP contribution in [0.25, 0.3) is 0 Å². The standard InChI is InChI=1S/C13H29NO2S/c1-6-11-17(15,16)14(9-7-12(2)3)10-8-13(4)5/h12-13H,6-11H2,1-5H3. The summed E-state index contributed by atoms with van der Waals surface area (Å²) in [7, 11) is -3.03. The van der Waals surface area contributed by atoms with Crippen LogP contribution in [0.2, 0.25) is 0 Å². The highest BCUT2D eigenvalue weighted by Gasteiger charge is 2.20. The Balaban J connectivity index is 4.49. The van der Waals surface area contributed by atoms with Crippen molar-refractivity contribution in [1.82, 2.24) is 4.31 Å². The normalized spacial score (nSPS) is 12.9. The minimum atomic E-state index is -3.03. The molecule has 0 amide bonds. The topological polar surface area (TPSA) is 37.4 Å². The highest BCUT2D eigenvalue weighted by atomic mass is 32.2. The summed E-state index contributed by atoms with van der Waals surface area (Å²) in [5, 5.41) is 0. The maximum atomic E-state index is 12.1. The van der Waals surface area contributed by atoms with E-state index < -0.39 is 10.0 Å². The molecule has 0 aliphatic carbocycles. The minimum absolute atomic E-state index is 0.281. The third-order valence-corrected chi connectivity index (χ3v) is 4.84. The Labute approximate surface area is 108 Å². The van der Waals surface area contributed by atoms with Gasteiger partial charge in [-0.25, -0.2) is 12.7 Å². The van der Waals surface area contributed by atoms with E-state index in [1.807, 2.05) is 6.92 Å². The van der Waals surface area contributed by atoms with Crippen molar-refractivity contribution in [2.45, 2.75) is 53.9 Å². The molecule has 0 spiro atoms. The van der Waals surface area contributed by atoms with Crippen LogP contribution in [-0.4, -0.2) is 31.6 Å². The summed E-state index contributed by atoms with van der Waals surface area (Å²) < 4.78 is 25.9. The van der Waals surface area contributed by atoms with Gasteiger partial charge in [-0.05, 0) is 31.1 Å². The van der Waals surface area contributed by atoms with Gasteiger partial charge in [-0.15, -0.1) is 0 Å². The van der Waals surface area contributed by atoms with Crippen molar-refractivity contribution in [3.63, 3.8) is 0 Å². The first-order valence-electron chi connectivity index (χ1n) is 6.77. The van der Waals surface area contributed by atoms with Crippen molar-refractivity contribution < 1.29 is 8.42 Å². The van der Waals surface area contributed by atoms with Crippen molar-refractivity contribution in [3.05, 3.63) is 0 Å². The van der Waals surface area contributed by atoms with E-state index in [0.29, 0.717) is 31.3 Å². The zero-order chi connectivity index (χ0) is 13.5. The molecule has 17 heavy (non-hydrogen) atoms. The molecule has 0 aromatic carbocycles. The van der Waals surface area contributed by atoms with Crippen molar-refractivity contribution in [2.24, 2.45) is 11.8 Å². The van der Waals surface area contributed by atoms with Gasteiger partial charge in [-0.1, -0.05) is 34.6 Å². The lowest BCUT2D eigenvalue weighted by Crippen LogP contribution is -2.35. The van der Waals surface area contributed by atoms with Crippen LogP contribution >= 0.6 is 0 Å². The molecule has 0 saturated carbocycles.